The van der Waals surface area contributed by atoms with Crippen molar-refractivity contribution >= 4 is 17.5 Å². The minimum Gasteiger partial charge on any atom is -0.396 e. The van der Waals surface area contributed by atoms with Gasteiger partial charge in [0.05, 0.1) is 13.2 Å². The van der Waals surface area contributed by atoms with E-state index in [0.29, 0.717) is 10.6 Å². The lowest BCUT2D eigenvalue weighted by atomic mass is 9.93. The molecule has 0 spiro atoms. The smallest absolute Gasteiger partial charge is 0.270 e. The number of likely N-dealkylation sites (tertiary alicyclic amines) is 1. The third-order valence-corrected chi connectivity index (χ3v) is 3.60. The number of halogens is 3. The quantitative estimate of drug-likeness (QED) is 0.908. The van der Waals surface area contributed by atoms with Gasteiger partial charge in [0.2, 0.25) is 0 Å². The number of alkyl halides is 2. The van der Waals surface area contributed by atoms with Crippen LogP contribution in [-0.4, -0.2) is 41.5 Å². The summed E-state index contributed by atoms with van der Waals surface area (Å²) in [4.78, 5) is 13.2. The number of aliphatic hydroxyl groups is 1. The van der Waals surface area contributed by atoms with Crippen LogP contribution in [0.15, 0.2) is 24.3 Å². The molecule has 1 amide bonds. The molecule has 1 aromatic rings. The van der Waals surface area contributed by atoms with Crippen molar-refractivity contribution in [3.05, 3.63) is 34.9 Å². The van der Waals surface area contributed by atoms with Crippen molar-refractivity contribution in [3.8, 4) is 0 Å². The fourth-order valence-electron chi connectivity index (χ4n) is 2.16. The third-order valence-electron chi connectivity index (χ3n) is 3.35. The summed E-state index contributed by atoms with van der Waals surface area (Å²) in [6.45, 7) is -0.988. The Morgan fingerprint density at radius 1 is 1.42 bits per heavy atom. The molecular formula is C13H14ClF2NO2. The summed E-state index contributed by atoms with van der Waals surface area (Å²) < 4.78 is 27.4. The highest BCUT2D eigenvalue weighted by Gasteiger charge is 2.45. The standard InChI is InChI=1S/C13H14ClF2NO2/c14-11-3-1-9(2-4-11)12(19)17-6-5-10(7-18)13(15,16)8-17/h1-4,10,18H,5-8H2. The Morgan fingerprint density at radius 3 is 2.58 bits per heavy atom. The normalized spacial score (nSPS) is 22.3. The zero-order valence-corrected chi connectivity index (χ0v) is 10.9. The van der Waals surface area contributed by atoms with Crippen molar-refractivity contribution in [2.45, 2.75) is 12.3 Å². The largest absolute Gasteiger partial charge is 0.396 e. The fraction of sp³-hybridized carbons (Fsp3) is 0.462. The van der Waals surface area contributed by atoms with E-state index in [0.717, 1.165) is 4.90 Å². The second-order valence-corrected chi connectivity index (χ2v) is 5.10. The van der Waals surface area contributed by atoms with Crippen LogP contribution in [0, 0.1) is 5.92 Å². The lowest BCUT2D eigenvalue weighted by molar-refractivity contribution is -0.116. The molecule has 0 bridgehead atoms. The van der Waals surface area contributed by atoms with E-state index < -0.39 is 30.9 Å². The summed E-state index contributed by atoms with van der Waals surface area (Å²) in [5.74, 6) is -4.55. The molecule has 104 valence electrons. The zero-order chi connectivity index (χ0) is 14.0. The molecule has 1 unspecified atom stereocenters. The van der Waals surface area contributed by atoms with Crippen LogP contribution >= 0.6 is 11.6 Å². The molecule has 1 heterocycles. The van der Waals surface area contributed by atoms with E-state index >= 15 is 0 Å². The SMILES string of the molecule is O=C(c1ccc(Cl)cc1)N1CCC(CO)C(F)(F)C1. The molecule has 1 fully saturated rings. The number of carbonyl (C=O) groups excluding carboxylic acids is 1. The van der Waals surface area contributed by atoms with Gasteiger partial charge in [-0.05, 0) is 30.7 Å². The number of carbonyl (C=O) groups is 1. The first-order valence-corrected chi connectivity index (χ1v) is 6.35. The Labute approximate surface area is 114 Å². The molecule has 0 aromatic heterocycles. The summed E-state index contributed by atoms with van der Waals surface area (Å²) in [5, 5.41) is 9.39. The molecule has 6 heteroatoms. The highest BCUT2D eigenvalue weighted by Crippen LogP contribution is 2.33. The Balaban J connectivity index is 2.11. The van der Waals surface area contributed by atoms with E-state index in [9.17, 15) is 13.6 Å². The summed E-state index contributed by atoms with van der Waals surface area (Å²) in [5.41, 5.74) is 0.336. The van der Waals surface area contributed by atoms with Gasteiger partial charge in [-0.3, -0.25) is 4.79 Å². The van der Waals surface area contributed by atoms with Gasteiger partial charge in [-0.1, -0.05) is 11.6 Å². The van der Waals surface area contributed by atoms with E-state index in [1.165, 1.54) is 12.1 Å². The highest BCUT2D eigenvalue weighted by atomic mass is 35.5. The minimum atomic E-state index is -3.05. The van der Waals surface area contributed by atoms with Crippen molar-refractivity contribution in [1.82, 2.24) is 4.90 Å². The first kappa shape index (κ1) is 14.2. The van der Waals surface area contributed by atoms with Gasteiger partial charge in [-0.25, -0.2) is 8.78 Å². The number of nitrogens with zero attached hydrogens (tertiary/aromatic N) is 1. The van der Waals surface area contributed by atoms with Crippen molar-refractivity contribution in [3.63, 3.8) is 0 Å². The summed E-state index contributed by atoms with van der Waals surface area (Å²) in [7, 11) is 0. The second-order valence-electron chi connectivity index (χ2n) is 4.66. The van der Waals surface area contributed by atoms with Crippen molar-refractivity contribution in [2.24, 2.45) is 5.92 Å². The number of hydrogen-bond acceptors (Lipinski definition) is 2. The van der Waals surface area contributed by atoms with Crippen LogP contribution in [0.3, 0.4) is 0 Å². The summed E-state index contributed by atoms with van der Waals surface area (Å²) in [6.07, 6.45) is 0.100. The van der Waals surface area contributed by atoms with Gasteiger partial charge in [0.25, 0.3) is 11.8 Å². The van der Waals surface area contributed by atoms with E-state index in [-0.39, 0.29) is 13.0 Å². The molecule has 1 saturated heterocycles. The summed E-state index contributed by atoms with van der Waals surface area (Å²) >= 11 is 5.71. The van der Waals surface area contributed by atoms with Crippen molar-refractivity contribution in [1.29, 1.82) is 0 Å². The van der Waals surface area contributed by atoms with Gasteiger partial charge >= 0.3 is 0 Å². The first-order chi connectivity index (χ1) is 8.94. The third kappa shape index (κ3) is 3.04. The molecular weight excluding hydrogens is 276 g/mol. The number of hydrogen-bond donors (Lipinski definition) is 1. The van der Waals surface area contributed by atoms with Crippen LogP contribution in [0.25, 0.3) is 0 Å². The Kier molecular flexibility index (Phi) is 4.06. The predicted molar refractivity (Wildman–Crippen MR) is 67.5 cm³/mol. The van der Waals surface area contributed by atoms with Crippen LogP contribution in [-0.2, 0) is 0 Å². The van der Waals surface area contributed by atoms with Crippen molar-refractivity contribution < 1.29 is 18.7 Å². The maximum atomic E-state index is 13.7. The predicted octanol–water partition coefficient (Wildman–Crippen LogP) is 2.43. The molecule has 1 aliphatic heterocycles. The summed E-state index contributed by atoms with van der Waals surface area (Å²) in [6, 6.07) is 6.13. The maximum absolute atomic E-state index is 13.7. The van der Waals surface area contributed by atoms with Crippen LogP contribution in [0.1, 0.15) is 16.8 Å². The molecule has 1 N–H and O–H groups in total. The molecule has 3 nitrogen and oxygen atoms in total. The van der Waals surface area contributed by atoms with Gasteiger partial charge in [-0.15, -0.1) is 0 Å². The van der Waals surface area contributed by atoms with Gasteiger partial charge in [0, 0.05) is 23.0 Å². The molecule has 1 aliphatic rings. The molecule has 1 aromatic carbocycles. The van der Waals surface area contributed by atoms with Gasteiger partial charge in [-0.2, -0.15) is 0 Å². The number of benzene rings is 1. The van der Waals surface area contributed by atoms with Crippen LogP contribution in [0.2, 0.25) is 5.02 Å². The maximum Gasteiger partial charge on any atom is 0.270 e. The Hall–Kier alpha value is -1.20. The Morgan fingerprint density at radius 2 is 2.05 bits per heavy atom. The van der Waals surface area contributed by atoms with Gasteiger partial charge < -0.3 is 10.0 Å². The van der Waals surface area contributed by atoms with Gasteiger partial charge in [0.1, 0.15) is 0 Å². The molecule has 0 saturated carbocycles. The van der Waals surface area contributed by atoms with E-state index in [1.807, 2.05) is 0 Å². The molecule has 0 radical (unpaired) electrons. The van der Waals surface area contributed by atoms with Crippen molar-refractivity contribution in [2.75, 3.05) is 19.7 Å². The topological polar surface area (TPSA) is 40.5 Å². The van der Waals surface area contributed by atoms with Gasteiger partial charge in [0.15, 0.2) is 0 Å². The molecule has 2 rings (SSSR count). The number of piperidine rings is 1. The fourth-order valence-corrected chi connectivity index (χ4v) is 2.28. The molecule has 1 atom stereocenters. The van der Waals surface area contributed by atoms with Crippen LogP contribution < -0.4 is 0 Å². The van der Waals surface area contributed by atoms with Crippen LogP contribution in [0.4, 0.5) is 8.78 Å². The minimum absolute atomic E-state index is 0.100. The lowest BCUT2D eigenvalue weighted by Crippen LogP contribution is -2.51. The van der Waals surface area contributed by atoms with E-state index in [2.05, 4.69) is 0 Å². The van der Waals surface area contributed by atoms with E-state index in [1.54, 1.807) is 12.1 Å². The number of aliphatic hydroxyl groups excluding tert-OH is 1. The first-order valence-electron chi connectivity index (χ1n) is 5.97. The molecule has 19 heavy (non-hydrogen) atoms. The van der Waals surface area contributed by atoms with E-state index in [4.69, 9.17) is 16.7 Å². The zero-order valence-electron chi connectivity index (χ0n) is 10.2. The number of rotatable bonds is 2. The average molecular weight is 290 g/mol. The molecule has 0 aliphatic carbocycles. The Bertz CT molecular complexity index is 464. The monoisotopic (exact) mass is 289 g/mol. The average Bonchev–Trinajstić information content (AvgIpc) is 2.37. The second kappa shape index (κ2) is 5.43. The number of amides is 1. The van der Waals surface area contributed by atoms with Crippen LogP contribution in [0.5, 0.6) is 0 Å². The lowest BCUT2D eigenvalue weighted by Gasteiger charge is -2.37. The highest BCUT2D eigenvalue weighted by molar-refractivity contribution is 6.30.